The monoisotopic (exact) mass is 477 g/mol. The molecule has 0 amide bonds. The van der Waals surface area contributed by atoms with Crippen molar-refractivity contribution >= 4 is 0 Å². The number of benzene rings is 2. The van der Waals surface area contributed by atoms with Gasteiger partial charge < -0.3 is 0 Å². The average Bonchev–Trinajstić information content (AvgIpc) is 3.39. The average molecular weight is 478 g/mol. The predicted octanol–water partition coefficient (Wildman–Crippen LogP) is 8.78. The number of nitrogens with zero attached hydrogens (tertiary/aromatic N) is 3. The minimum absolute atomic E-state index is 0.0438. The Morgan fingerprint density at radius 2 is 1.44 bits per heavy atom. The molecule has 0 aliphatic heterocycles. The van der Waals surface area contributed by atoms with Gasteiger partial charge >= 0.3 is 0 Å². The number of hydrogen-bond donors (Lipinski definition) is 0. The number of para-hydroxylation sites is 1. The minimum atomic E-state index is -0.130. The largest absolute Gasteiger partial charge is 0.299 e. The fourth-order valence-corrected chi connectivity index (χ4v) is 5.87. The first-order valence-electron chi connectivity index (χ1n) is 13.2. The highest BCUT2D eigenvalue weighted by Crippen LogP contribution is 2.51. The van der Waals surface area contributed by atoms with E-state index in [0.717, 1.165) is 11.5 Å². The fourth-order valence-electron chi connectivity index (χ4n) is 5.87. The zero-order valence-corrected chi connectivity index (χ0v) is 23.3. The van der Waals surface area contributed by atoms with Crippen molar-refractivity contribution < 1.29 is 0 Å². The maximum absolute atomic E-state index is 5.00. The van der Waals surface area contributed by atoms with E-state index in [0.29, 0.717) is 11.8 Å². The van der Waals surface area contributed by atoms with Crippen LogP contribution in [0.4, 0.5) is 0 Å². The van der Waals surface area contributed by atoms with E-state index in [1.807, 2.05) is 12.4 Å². The van der Waals surface area contributed by atoms with Gasteiger partial charge in [0.25, 0.3) is 0 Å². The molecule has 186 valence electrons. The van der Waals surface area contributed by atoms with Crippen molar-refractivity contribution in [2.24, 2.45) is 0 Å². The van der Waals surface area contributed by atoms with Crippen LogP contribution < -0.4 is 0 Å². The molecule has 4 aromatic rings. The number of pyridine rings is 1. The lowest BCUT2D eigenvalue weighted by Crippen LogP contribution is -2.20. The standard InChI is InChI=1S/C33H39N3/c1-20(2)22-12-10-13-23(21(3)4)29(22)36-17-16-35-31(36)26-18-25-24-14-11-15-34-30(24)33(8,9)28(25)19-27(26)32(5,6)7/h10-21H,1-9H3. The molecule has 0 spiro atoms. The van der Waals surface area contributed by atoms with Crippen molar-refractivity contribution in [2.45, 2.75) is 85.0 Å². The molecular weight excluding hydrogens is 438 g/mol. The first-order valence-corrected chi connectivity index (χ1v) is 13.2. The van der Waals surface area contributed by atoms with Gasteiger partial charge in [-0.1, -0.05) is 92.6 Å². The summed E-state index contributed by atoms with van der Waals surface area (Å²) in [5.41, 5.74) is 11.4. The van der Waals surface area contributed by atoms with Crippen LogP contribution in [-0.4, -0.2) is 14.5 Å². The molecule has 0 N–H and O–H groups in total. The second kappa shape index (κ2) is 8.44. The Morgan fingerprint density at radius 3 is 2.06 bits per heavy atom. The highest BCUT2D eigenvalue weighted by molar-refractivity contribution is 5.84. The lowest BCUT2D eigenvalue weighted by molar-refractivity contribution is 0.584. The SMILES string of the molecule is CC(C)c1cccc(C(C)C)c1-n1ccnc1-c1cc2c(cc1C(C)(C)C)C(C)(C)c1ncccc1-2. The Kier molecular flexibility index (Phi) is 5.74. The summed E-state index contributed by atoms with van der Waals surface area (Å²) in [5, 5.41) is 0. The van der Waals surface area contributed by atoms with Crippen LogP contribution in [-0.2, 0) is 10.8 Å². The van der Waals surface area contributed by atoms with Crippen molar-refractivity contribution in [3.05, 3.63) is 89.0 Å². The third-order valence-corrected chi connectivity index (χ3v) is 7.79. The Bertz CT molecular complexity index is 1420. The van der Waals surface area contributed by atoms with Crippen LogP contribution in [0.2, 0.25) is 0 Å². The number of aromatic nitrogens is 3. The smallest absolute Gasteiger partial charge is 0.144 e. The third kappa shape index (κ3) is 3.72. The zero-order valence-electron chi connectivity index (χ0n) is 23.3. The Balaban J connectivity index is 1.84. The van der Waals surface area contributed by atoms with Gasteiger partial charge in [0.05, 0.1) is 11.4 Å². The molecule has 0 bridgehead atoms. The molecule has 0 saturated heterocycles. The van der Waals surface area contributed by atoms with E-state index in [1.54, 1.807) is 0 Å². The van der Waals surface area contributed by atoms with Crippen molar-refractivity contribution in [2.75, 3.05) is 0 Å². The molecule has 0 unspecified atom stereocenters. The van der Waals surface area contributed by atoms with E-state index in [1.165, 1.54) is 44.6 Å². The highest BCUT2D eigenvalue weighted by atomic mass is 15.1. The Hall–Kier alpha value is -3.20. The summed E-state index contributed by atoms with van der Waals surface area (Å²) in [6.07, 6.45) is 6.01. The number of fused-ring (bicyclic) bond motifs is 3. The van der Waals surface area contributed by atoms with Gasteiger partial charge in [0, 0.05) is 35.1 Å². The predicted molar refractivity (Wildman–Crippen MR) is 151 cm³/mol. The highest BCUT2D eigenvalue weighted by Gasteiger charge is 2.39. The normalized spacial score (nSPS) is 14.4. The van der Waals surface area contributed by atoms with Gasteiger partial charge in [-0.25, -0.2) is 4.98 Å². The van der Waals surface area contributed by atoms with E-state index in [9.17, 15) is 0 Å². The summed E-state index contributed by atoms with van der Waals surface area (Å²) in [6.45, 7) is 20.6. The van der Waals surface area contributed by atoms with Crippen LogP contribution in [0.1, 0.15) is 102 Å². The third-order valence-electron chi connectivity index (χ3n) is 7.79. The Morgan fingerprint density at radius 1 is 0.778 bits per heavy atom. The van der Waals surface area contributed by atoms with Gasteiger partial charge in [-0.05, 0) is 57.2 Å². The van der Waals surface area contributed by atoms with E-state index in [2.05, 4.69) is 116 Å². The molecular formula is C33H39N3. The van der Waals surface area contributed by atoms with Gasteiger partial charge in [-0.15, -0.1) is 0 Å². The molecule has 2 aromatic heterocycles. The van der Waals surface area contributed by atoms with E-state index in [-0.39, 0.29) is 10.8 Å². The quantitative estimate of drug-likeness (QED) is 0.294. The summed E-state index contributed by atoms with van der Waals surface area (Å²) < 4.78 is 2.34. The van der Waals surface area contributed by atoms with Crippen molar-refractivity contribution in [1.82, 2.24) is 14.5 Å². The van der Waals surface area contributed by atoms with Crippen molar-refractivity contribution in [3.63, 3.8) is 0 Å². The molecule has 36 heavy (non-hydrogen) atoms. The lowest BCUT2D eigenvalue weighted by Gasteiger charge is -2.28. The van der Waals surface area contributed by atoms with Crippen LogP contribution in [0.5, 0.6) is 0 Å². The molecule has 2 heterocycles. The summed E-state index contributed by atoms with van der Waals surface area (Å²) in [5.74, 6) is 1.83. The zero-order chi connectivity index (χ0) is 26.0. The van der Waals surface area contributed by atoms with E-state index in [4.69, 9.17) is 9.97 Å². The molecule has 0 radical (unpaired) electrons. The molecule has 0 atom stereocenters. The van der Waals surface area contributed by atoms with Crippen LogP contribution in [0.3, 0.4) is 0 Å². The van der Waals surface area contributed by atoms with Crippen molar-refractivity contribution in [3.8, 4) is 28.2 Å². The molecule has 0 saturated carbocycles. The second-order valence-corrected chi connectivity index (χ2v) is 12.4. The Labute approximate surface area is 216 Å². The summed E-state index contributed by atoms with van der Waals surface area (Å²) in [7, 11) is 0. The topological polar surface area (TPSA) is 30.7 Å². The molecule has 5 rings (SSSR count). The van der Waals surface area contributed by atoms with Gasteiger partial charge in [0.2, 0.25) is 0 Å². The second-order valence-electron chi connectivity index (χ2n) is 12.4. The van der Waals surface area contributed by atoms with Crippen LogP contribution in [0.15, 0.2) is 61.1 Å². The molecule has 3 nitrogen and oxygen atoms in total. The van der Waals surface area contributed by atoms with Crippen LogP contribution in [0.25, 0.3) is 28.2 Å². The van der Waals surface area contributed by atoms with Gasteiger partial charge in [0.15, 0.2) is 0 Å². The van der Waals surface area contributed by atoms with Gasteiger partial charge in [-0.3, -0.25) is 9.55 Å². The molecule has 1 aliphatic carbocycles. The maximum atomic E-state index is 5.00. The van der Waals surface area contributed by atoms with E-state index >= 15 is 0 Å². The first kappa shape index (κ1) is 24.5. The van der Waals surface area contributed by atoms with Crippen molar-refractivity contribution in [1.29, 1.82) is 0 Å². The van der Waals surface area contributed by atoms with Gasteiger partial charge in [0.1, 0.15) is 5.82 Å². The maximum Gasteiger partial charge on any atom is 0.144 e. The lowest BCUT2D eigenvalue weighted by atomic mass is 9.77. The summed E-state index contributed by atoms with van der Waals surface area (Å²) in [4.78, 5) is 9.82. The van der Waals surface area contributed by atoms with Crippen LogP contribution >= 0.6 is 0 Å². The summed E-state index contributed by atoms with van der Waals surface area (Å²) >= 11 is 0. The summed E-state index contributed by atoms with van der Waals surface area (Å²) in [6, 6.07) is 15.8. The molecule has 1 aliphatic rings. The van der Waals surface area contributed by atoms with Gasteiger partial charge in [-0.2, -0.15) is 0 Å². The molecule has 2 aromatic carbocycles. The van der Waals surface area contributed by atoms with Crippen LogP contribution in [0, 0.1) is 0 Å². The van der Waals surface area contributed by atoms with E-state index < -0.39 is 0 Å². The minimum Gasteiger partial charge on any atom is -0.299 e. The first-order chi connectivity index (χ1) is 16.9. The molecule has 3 heteroatoms. The molecule has 0 fully saturated rings. The number of rotatable bonds is 4. The fraction of sp³-hybridized carbons (Fsp3) is 0.394. The number of hydrogen-bond acceptors (Lipinski definition) is 2. The number of imidazole rings is 1.